The van der Waals surface area contributed by atoms with E-state index in [0.29, 0.717) is 5.82 Å². The Morgan fingerprint density at radius 3 is 2.72 bits per heavy atom. The Morgan fingerprint density at radius 2 is 2.17 bits per heavy atom. The van der Waals surface area contributed by atoms with E-state index in [9.17, 15) is 5.26 Å². The third kappa shape index (κ3) is 1.96. The number of hydrogen-bond donors (Lipinski definition) is 0. The Kier molecular flexibility index (Phi) is 2.72. The second-order valence-corrected chi connectivity index (χ2v) is 6.98. The first-order chi connectivity index (χ1) is 8.63. The lowest BCUT2D eigenvalue weighted by atomic mass is 10.1. The van der Waals surface area contributed by atoms with E-state index in [0.717, 1.165) is 32.9 Å². The molecular weight excluding hydrogens is 310 g/mol. The lowest BCUT2D eigenvalue weighted by molar-refractivity contribution is 0.790. The van der Waals surface area contributed by atoms with E-state index in [4.69, 9.17) is 0 Å². The lowest BCUT2D eigenvalue weighted by Gasteiger charge is -2.07. The van der Waals surface area contributed by atoms with Crippen LogP contribution in [0.1, 0.15) is 24.4 Å². The highest BCUT2D eigenvalue weighted by Crippen LogP contribution is 2.46. The molecule has 5 heteroatoms. The number of halogens is 1. The Labute approximate surface area is 118 Å². The zero-order chi connectivity index (χ0) is 12.8. The first kappa shape index (κ1) is 11.8. The van der Waals surface area contributed by atoms with Crippen LogP contribution in [0.4, 0.5) is 0 Å². The van der Waals surface area contributed by atoms with Gasteiger partial charge in [0.1, 0.15) is 11.2 Å². The Morgan fingerprint density at radius 1 is 1.39 bits per heavy atom. The number of nitrogens with zero attached hydrogens (tertiary/aromatic N) is 3. The Hall–Kier alpha value is -1.25. The van der Waals surface area contributed by atoms with Crippen LogP contribution in [0.3, 0.4) is 0 Å². The van der Waals surface area contributed by atoms with E-state index in [1.807, 2.05) is 25.1 Å². The van der Waals surface area contributed by atoms with Crippen molar-refractivity contribution in [2.75, 3.05) is 0 Å². The molecule has 90 valence electrons. The molecule has 3 nitrogen and oxygen atoms in total. The Bertz CT molecular complexity index is 652. The fourth-order valence-electron chi connectivity index (χ4n) is 1.87. The lowest BCUT2D eigenvalue weighted by Crippen LogP contribution is -2.10. The summed E-state index contributed by atoms with van der Waals surface area (Å²) in [6.45, 7) is 1.95. The predicted molar refractivity (Wildman–Crippen MR) is 74.3 cm³/mol. The van der Waals surface area contributed by atoms with Crippen LogP contribution >= 0.6 is 27.3 Å². The van der Waals surface area contributed by atoms with Crippen molar-refractivity contribution in [2.24, 2.45) is 0 Å². The molecule has 1 aliphatic carbocycles. The zero-order valence-corrected chi connectivity index (χ0v) is 12.2. The molecule has 3 rings (SSSR count). The van der Waals surface area contributed by atoms with Gasteiger partial charge in [-0.2, -0.15) is 5.26 Å². The van der Waals surface area contributed by atoms with Gasteiger partial charge in [-0.3, -0.25) is 0 Å². The molecule has 2 aromatic heterocycles. The van der Waals surface area contributed by atoms with Crippen molar-refractivity contribution in [3.63, 3.8) is 0 Å². The number of hydrogen-bond acceptors (Lipinski definition) is 4. The fraction of sp³-hybridized carbons (Fsp3) is 0.308. The van der Waals surface area contributed by atoms with Crippen LogP contribution in [0, 0.1) is 18.3 Å². The summed E-state index contributed by atoms with van der Waals surface area (Å²) in [4.78, 5) is 10.1. The van der Waals surface area contributed by atoms with Crippen molar-refractivity contribution >= 4 is 27.3 Å². The molecule has 0 bridgehead atoms. The molecule has 0 aliphatic heterocycles. The van der Waals surface area contributed by atoms with E-state index >= 15 is 0 Å². The quantitative estimate of drug-likeness (QED) is 0.845. The van der Waals surface area contributed by atoms with Gasteiger partial charge in [-0.25, -0.2) is 9.97 Å². The molecule has 1 aliphatic rings. The highest BCUT2D eigenvalue weighted by Gasteiger charge is 2.48. The van der Waals surface area contributed by atoms with Crippen LogP contribution < -0.4 is 0 Å². The molecule has 0 atom stereocenters. The van der Waals surface area contributed by atoms with Gasteiger partial charge in [-0.15, -0.1) is 11.3 Å². The smallest absolute Gasteiger partial charge is 0.149 e. The summed E-state index contributed by atoms with van der Waals surface area (Å²) in [6, 6.07) is 8.36. The maximum absolute atomic E-state index is 9.23. The van der Waals surface area contributed by atoms with Crippen molar-refractivity contribution in [2.45, 2.75) is 25.2 Å². The summed E-state index contributed by atoms with van der Waals surface area (Å²) in [5.74, 6) is 0.685. The predicted octanol–water partition coefficient (Wildman–Crippen LogP) is 3.83. The molecule has 1 saturated carbocycles. The van der Waals surface area contributed by atoms with Gasteiger partial charge in [0.2, 0.25) is 0 Å². The first-order valence-electron chi connectivity index (χ1n) is 5.66. The largest absolute Gasteiger partial charge is 0.236 e. The summed E-state index contributed by atoms with van der Waals surface area (Å²) < 4.78 is 1.08. The second-order valence-electron chi connectivity index (χ2n) is 4.52. The van der Waals surface area contributed by atoms with Crippen LogP contribution in [-0.4, -0.2) is 9.97 Å². The van der Waals surface area contributed by atoms with E-state index in [-0.39, 0.29) is 0 Å². The number of nitriles is 1. The van der Waals surface area contributed by atoms with Gasteiger partial charge in [0.05, 0.1) is 20.4 Å². The first-order valence-corrected chi connectivity index (χ1v) is 7.27. The van der Waals surface area contributed by atoms with Crippen LogP contribution in [0.15, 0.2) is 22.0 Å². The highest BCUT2D eigenvalue weighted by molar-refractivity contribution is 9.11. The molecule has 0 saturated heterocycles. The minimum Gasteiger partial charge on any atom is -0.236 e. The SMILES string of the molecule is Cc1cc(-c2ccc(Br)s2)nc(C2(C#N)CC2)n1. The van der Waals surface area contributed by atoms with Crippen molar-refractivity contribution in [3.05, 3.63) is 33.5 Å². The topological polar surface area (TPSA) is 49.6 Å². The van der Waals surface area contributed by atoms with Gasteiger partial charge in [0.25, 0.3) is 0 Å². The van der Waals surface area contributed by atoms with Crippen LogP contribution in [-0.2, 0) is 5.41 Å². The van der Waals surface area contributed by atoms with Gasteiger partial charge >= 0.3 is 0 Å². The van der Waals surface area contributed by atoms with Gasteiger partial charge < -0.3 is 0 Å². The van der Waals surface area contributed by atoms with Gasteiger partial charge in [-0.05, 0) is 53.9 Å². The van der Waals surface area contributed by atoms with Crippen LogP contribution in [0.25, 0.3) is 10.6 Å². The standard InChI is InChI=1S/C13H10BrN3S/c1-8-6-9(10-2-3-11(14)18-10)17-12(16-8)13(7-15)4-5-13/h2-3,6H,4-5H2,1H3. The molecule has 0 amide bonds. The van der Waals surface area contributed by atoms with Crippen molar-refractivity contribution in [3.8, 4) is 16.6 Å². The summed E-state index contributed by atoms with van der Waals surface area (Å²) in [5, 5.41) is 9.23. The minimum atomic E-state index is -0.421. The average Bonchev–Trinajstić information content (AvgIpc) is 3.05. The average molecular weight is 320 g/mol. The second kappa shape index (κ2) is 4.15. The van der Waals surface area contributed by atoms with E-state index in [2.05, 4.69) is 32.0 Å². The summed E-state index contributed by atoms with van der Waals surface area (Å²) in [6.07, 6.45) is 1.75. The molecule has 2 aromatic rings. The summed E-state index contributed by atoms with van der Waals surface area (Å²) in [7, 11) is 0. The maximum Gasteiger partial charge on any atom is 0.149 e. The van der Waals surface area contributed by atoms with Crippen molar-refractivity contribution in [1.29, 1.82) is 5.26 Å². The fourth-order valence-corrected chi connectivity index (χ4v) is 3.22. The third-order valence-electron chi connectivity index (χ3n) is 3.07. The third-order valence-corrected chi connectivity index (χ3v) is 4.72. The van der Waals surface area contributed by atoms with Gasteiger partial charge in [-0.1, -0.05) is 0 Å². The van der Waals surface area contributed by atoms with Crippen molar-refractivity contribution in [1.82, 2.24) is 9.97 Å². The van der Waals surface area contributed by atoms with E-state index in [1.54, 1.807) is 11.3 Å². The number of thiophene rings is 1. The van der Waals surface area contributed by atoms with E-state index in [1.165, 1.54) is 0 Å². The molecule has 0 radical (unpaired) electrons. The number of aromatic nitrogens is 2. The molecule has 0 spiro atoms. The molecule has 0 unspecified atom stereocenters. The highest BCUT2D eigenvalue weighted by atomic mass is 79.9. The monoisotopic (exact) mass is 319 g/mol. The number of rotatable bonds is 2. The molecule has 1 fully saturated rings. The van der Waals surface area contributed by atoms with E-state index < -0.39 is 5.41 Å². The molecule has 2 heterocycles. The molecule has 0 aromatic carbocycles. The van der Waals surface area contributed by atoms with Gasteiger partial charge in [0, 0.05) is 5.69 Å². The molecule has 0 N–H and O–H groups in total. The summed E-state index contributed by atoms with van der Waals surface area (Å²) in [5.41, 5.74) is 1.41. The Balaban J connectivity index is 2.10. The summed E-state index contributed by atoms with van der Waals surface area (Å²) >= 11 is 5.10. The normalized spacial score (nSPS) is 16.3. The van der Waals surface area contributed by atoms with Gasteiger partial charge in [0.15, 0.2) is 0 Å². The van der Waals surface area contributed by atoms with Crippen LogP contribution in [0.5, 0.6) is 0 Å². The molecule has 18 heavy (non-hydrogen) atoms. The zero-order valence-electron chi connectivity index (χ0n) is 9.77. The maximum atomic E-state index is 9.23. The van der Waals surface area contributed by atoms with Crippen LogP contribution in [0.2, 0.25) is 0 Å². The minimum absolute atomic E-state index is 0.421. The number of aryl methyl sites for hydroxylation is 1. The van der Waals surface area contributed by atoms with Crippen molar-refractivity contribution < 1.29 is 0 Å². The molecular formula is C13H10BrN3S.